The maximum atomic E-state index is 12.9. The van der Waals surface area contributed by atoms with E-state index >= 15 is 0 Å². The zero-order valence-corrected chi connectivity index (χ0v) is 13.0. The molecule has 0 radical (unpaired) electrons. The first-order chi connectivity index (χ1) is 10.7. The van der Waals surface area contributed by atoms with Crippen molar-refractivity contribution in [2.75, 3.05) is 20.1 Å². The number of aromatic nitrogens is 1. The van der Waals surface area contributed by atoms with Gasteiger partial charge in [0.05, 0.1) is 0 Å². The highest BCUT2D eigenvalue weighted by Gasteiger charge is 2.28. The maximum absolute atomic E-state index is 12.9. The monoisotopic (exact) mass is 299 g/mol. The quantitative estimate of drug-likeness (QED) is 0.946. The lowest BCUT2D eigenvalue weighted by Gasteiger charge is -2.31. The standard InChI is InChI=1S/C17H21N3O2/c1-12-15(16(19-22-12)13-6-4-3-5-7-13)17(21)20-10-8-14(18-2)9-11-20/h3-7,14,18H,8-11H2,1-2H3. The Kier molecular flexibility index (Phi) is 4.24. The summed E-state index contributed by atoms with van der Waals surface area (Å²) in [5.74, 6) is 0.603. The van der Waals surface area contributed by atoms with Gasteiger partial charge in [-0.25, -0.2) is 0 Å². The molecule has 22 heavy (non-hydrogen) atoms. The number of carbonyl (C=O) groups excluding carboxylic acids is 1. The lowest BCUT2D eigenvalue weighted by molar-refractivity contribution is 0.0706. The van der Waals surface area contributed by atoms with Gasteiger partial charge in [-0.2, -0.15) is 0 Å². The van der Waals surface area contributed by atoms with Crippen LogP contribution >= 0.6 is 0 Å². The lowest BCUT2D eigenvalue weighted by Crippen LogP contribution is -2.44. The Morgan fingerprint density at radius 2 is 1.95 bits per heavy atom. The van der Waals surface area contributed by atoms with Gasteiger partial charge in [-0.1, -0.05) is 35.5 Å². The van der Waals surface area contributed by atoms with Gasteiger partial charge < -0.3 is 14.7 Å². The fraction of sp³-hybridized carbons (Fsp3) is 0.412. The number of hydrogen-bond donors (Lipinski definition) is 1. The maximum Gasteiger partial charge on any atom is 0.259 e. The lowest BCUT2D eigenvalue weighted by atomic mass is 10.0. The number of amides is 1. The van der Waals surface area contributed by atoms with Crippen molar-refractivity contribution >= 4 is 5.91 Å². The highest BCUT2D eigenvalue weighted by molar-refractivity contribution is 6.00. The highest BCUT2D eigenvalue weighted by Crippen LogP contribution is 2.27. The SMILES string of the molecule is CNC1CCN(C(=O)c2c(-c3ccccc3)noc2C)CC1. The number of likely N-dealkylation sites (tertiary alicyclic amines) is 1. The van der Waals surface area contributed by atoms with Crippen LogP contribution in [-0.4, -0.2) is 42.1 Å². The van der Waals surface area contributed by atoms with Crippen molar-refractivity contribution in [2.24, 2.45) is 0 Å². The van der Waals surface area contributed by atoms with Gasteiger partial charge >= 0.3 is 0 Å². The number of carbonyl (C=O) groups is 1. The topological polar surface area (TPSA) is 58.4 Å². The zero-order valence-electron chi connectivity index (χ0n) is 13.0. The second-order valence-electron chi connectivity index (χ2n) is 5.68. The van der Waals surface area contributed by atoms with E-state index in [0.29, 0.717) is 23.1 Å². The van der Waals surface area contributed by atoms with E-state index in [9.17, 15) is 4.79 Å². The summed E-state index contributed by atoms with van der Waals surface area (Å²) in [6.45, 7) is 3.33. The van der Waals surface area contributed by atoms with Crippen LogP contribution in [0.5, 0.6) is 0 Å². The first kappa shape index (κ1) is 14.8. The second kappa shape index (κ2) is 6.32. The minimum Gasteiger partial charge on any atom is -0.360 e. The molecule has 0 spiro atoms. The van der Waals surface area contributed by atoms with Crippen LogP contribution in [0.4, 0.5) is 0 Å². The Morgan fingerprint density at radius 3 is 2.59 bits per heavy atom. The zero-order chi connectivity index (χ0) is 15.5. The highest BCUT2D eigenvalue weighted by atomic mass is 16.5. The summed E-state index contributed by atoms with van der Waals surface area (Å²) in [6, 6.07) is 10.2. The molecule has 1 amide bonds. The number of nitrogens with zero attached hydrogens (tertiary/aromatic N) is 2. The van der Waals surface area contributed by atoms with Crippen LogP contribution in [0, 0.1) is 6.92 Å². The second-order valence-corrected chi connectivity index (χ2v) is 5.68. The van der Waals surface area contributed by atoms with Crippen LogP contribution in [0.2, 0.25) is 0 Å². The summed E-state index contributed by atoms with van der Waals surface area (Å²) in [5.41, 5.74) is 2.14. The molecule has 0 aliphatic carbocycles. The molecule has 1 saturated heterocycles. The van der Waals surface area contributed by atoms with Crippen molar-refractivity contribution in [3.05, 3.63) is 41.7 Å². The van der Waals surface area contributed by atoms with Crippen LogP contribution in [0.25, 0.3) is 11.3 Å². The van der Waals surface area contributed by atoms with Crippen molar-refractivity contribution in [3.63, 3.8) is 0 Å². The van der Waals surface area contributed by atoms with Gasteiger partial charge in [0.2, 0.25) is 0 Å². The van der Waals surface area contributed by atoms with E-state index < -0.39 is 0 Å². The molecule has 1 aromatic heterocycles. The summed E-state index contributed by atoms with van der Waals surface area (Å²) in [4.78, 5) is 14.8. The van der Waals surface area contributed by atoms with Crippen molar-refractivity contribution in [1.29, 1.82) is 0 Å². The fourth-order valence-corrected chi connectivity index (χ4v) is 2.95. The van der Waals surface area contributed by atoms with Crippen molar-refractivity contribution in [3.8, 4) is 11.3 Å². The average molecular weight is 299 g/mol. The predicted molar refractivity (Wildman–Crippen MR) is 84.7 cm³/mol. The minimum absolute atomic E-state index is 0.0205. The number of benzene rings is 1. The average Bonchev–Trinajstić information content (AvgIpc) is 2.96. The van der Waals surface area contributed by atoms with Gasteiger partial charge in [0.1, 0.15) is 17.0 Å². The first-order valence-corrected chi connectivity index (χ1v) is 7.69. The van der Waals surface area contributed by atoms with E-state index in [4.69, 9.17) is 4.52 Å². The third-order valence-corrected chi connectivity index (χ3v) is 4.31. The summed E-state index contributed by atoms with van der Waals surface area (Å²) in [6.07, 6.45) is 1.96. The van der Waals surface area contributed by atoms with Gasteiger partial charge in [0.25, 0.3) is 5.91 Å². The summed E-state index contributed by atoms with van der Waals surface area (Å²) >= 11 is 0. The normalized spacial score (nSPS) is 16.0. The van der Waals surface area contributed by atoms with E-state index in [1.54, 1.807) is 6.92 Å². The molecule has 1 N–H and O–H groups in total. The molecule has 5 nitrogen and oxygen atoms in total. The Hall–Kier alpha value is -2.14. The molecular formula is C17H21N3O2. The molecule has 0 unspecified atom stereocenters. The molecule has 0 saturated carbocycles. The molecule has 5 heteroatoms. The van der Waals surface area contributed by atoms with Gasteiger partial charge in [-0.05, 0) is 26.8 Å². The molecule has 0 bridgehead atoms. The molecular weight excluding hydrogens is 278 g/mol. The van der Waals surface area contributed by atoms with Crippen LogP contribution in [0.1, 0.15) is 29.0 Å². The Morgan fingerprint density at radius 1 is 1.27 bits per heavy atom. The van der Waals surface area contributed by atoms with Crippen LogP contribution in [-0.2, 0) is 0 Å². The third-order valence-electron chi connectivity index (χ3n) is 4.31. The van der Waals surface area contributed by atoms with E-state index in [2.05, 4.69) is 10.5 Å². The molecule has 3 rings (SSSR count). The largest absolute Gasteiger partial charge is 0.360 e. The molecule has 1 aliphatic heterocycles. The summed E-state index contributed by atoms with van der Waals surface area (Å²) in [5, 5.41) is 7.38. The number of rotatable bonds is 3. The van der Waals surface area contributed by atoms with Crippen molar-refractivity contribution < 1.29 is 9.32 Å². The molecule has 1 aromatic carbocycles. The Bertz CT molecular complexity index is 643. The van der Waals surface area contributed by atoms with Gasteiger partial charge in [0, 0.05) is 24.7 Å². The van der Waals surface area contributed by atoms with E-state index in [-0.39, 0.29) is 5.91 Å². The predicted octanol–water partition coefficient (Wildman–Crippen LogP) is 2.47. The fourth-order valence-electron chi connectivity index (χ4n) is 2.95. The van der Waals surface area contributed by atoms with Crippen LogP contribution in [0.3, 0.4) is 0 Å². The van der Waals surface area contributed by atoms with Crippen molar-refractivity contribution in [2.45, 2.75) is 25.8 Å². The van der Waals surface area contributed by atoms with Crippen molar-refractivity contribution in [1.82, 2.24) is 15.4 Å². The molecule has 2 heterocycles. The molecule has 0 atom stereocenters. The van der Waals surface area contributed by atoms with E-state index in [0.717, 1.165) is 31.5 Å². The summed E-state index contributed by atoms with van der Waals surface area (Å²) < 4.78 is 5.29. The Labute approximate surface area is 130 Å². The molecule has 1 fully saturated rings. The van der Waals surface area contributed by atoms with E-state index in [1.807, 2.05) is 42.3 Å². The van der Waals surface area contributed by atoms with Crippen LogP contribution < -0.4 is 5.32 Å². The number of piperidine rings is 1. The number of hydrogen-bond acceptors (Lipinski definition) is 4. The molecule has 116 valence electrons. The van der Waals surface area contributed by atoms with Gasteiger partial charge in [-0.3, -0.25) is 4.79 Å². The Balaban J connectivity index is 1.86. The summed E-state index contributed by atoms with van der Waals surface area (Å²) in [7, 11) is 1.97. The van der Waals surface area contributed by atoms with Crippen LogP contribution in [0.15, 0.2) is 34.9 Å². The molecule has 2 aromatic rings. The van der Waals surface area contributed by atoms with E-state index in [1.165, 1.54) is 0 Å². The number of aryl methyl sites for hydroxylation is 1. The molecule has 1 aliphatic rings. The van der Waals surface area contributed by atoms with Gasteiger partial charge in [0.15, 0.2) is 0 Å². The first-order valence-electron chi connectivity index (χ1n) is 7.69. The third kappa shape index (κ3) is 2.76. The smallest absolute Gasteiger partial charge is 0.259 e. The van der Waals surface area contributed by atoms with Gasteiger partial charge in [-0.15, -0.1) is 0 Å². The minimum atomic E-state index is 0.0205. The number of nitrogens with one attached hydrogen (secondary N) is 1.